The minimum atomic E-state index is 0.537. The summed E-state index contributed by atoms with van der Waals surface area (Å²) < 4.78 is 8.91. The summed E-state index contributed by atoms with van der Waals surface area (Å²) in [6.07, 6.45) is 11.5. The van der Waals surface area contributed by atoms with Crippen LogP contribution in [0.25, 0.3) is 32.4 Å². The Morgan fingerprint density at radius 1 is 1.19 bits per heavy atom. The smallest absolute Gasteiger partial charge is 0.288 e. The highest BCUT2D eigenvalue weighted by Gasteiger charge is 2.39. The van der Waals surface area contributed by atoms with E-state index in [-0.39, 0.29) is 0 Å². The van der Waals surface area contributed by atoms with Crippen molar-refractivity contribution < 1.29 is 9.30 Å². The number of aromatic nitrogens is 3. The molecule has 0 amide bonds. The number of hydrogen-bond donors (Lipinski definition) is 0. The van der Waals surface area contributed by atoms with Crippen molar-refractivity contribution in [1.82, 2.24) is 9.97 Å². The van der Waals surface area contributed by atoms with Crippen LogP contribution >= 0.6 is 11.3 Å². The molecule has 6 rings (SSSR count). The number of fused-ring (bicyclic) bond motifs is 3. The molecule has 0 bridgehead atoms. The van der Waals surface area contributed by atoms with Gasteiger partial charge in [-0.05, 0) is 60.6 Å². The van der Waals surface area contributed by atoms with Gasteiger partial charge in [-0.15, -0.1) is 0 Å². The zero-order valence-corrected chi connectivity index (χ0v) is 20.2. The molecule has 4 aromatic rings. The second-order valence-electron chi connectivity index (χ2n) is 9.71. The minimum Gasteiger partial charge on any atom is -0.454 e. The van der Waals surface area contributed by atoms with Crippen LogP contribution in [-0.2, 0) is 7.05 Å². The fourth-order valence-electron chi connectivity index (χ4n) is 6.07. The van der Waals surface area contributed by atoms with Gasteiger partial charge >= 0.3 is 0 Å². The first-order chi connectivity index (χ1) is 15.5. The standard InChI is InChI=1S/C27H30N3OS/c1-5-27(6-2)11-9-17(10-12-27)25-24-22-23(30(4)15-29-26(22)32-25)21-16(3)18-8-7-13-28-19(18)14-20(21)31-24/h7-8,13-15,17H,5-6,9-12H2,1-4H3/q+1. The van der Waals surface area contributed by atoms with E-state index in [2.05, 4.69) is 49.5 Å². The van der Waals surface area contributed by atoms with E-state index >= 15 is 0 Å². The summed E-state index contributed by atoms with van der Waals surface area (Å²) in [5.41, 5.74) is 5.15. The lowest BCUT2D eigenvalue weighted by molar-refractivity contribution is -0.662. The second kappa shape index (κ2) is 7.24. The van der Waals surface area contributed by atoms with Gasteiger partial charge in [0.15, 0.2) is 11.4 Å². The van der Waals surface area contributed by atoms with E-state index in [0.717, 1.165) is 21.8 Å². The largest absolute Gasteiger partial charge is 0.454 e. The molecule has 164 valence electrons. The third kappa shape index (κ3) is 2.76. The maximum Gasteiger partial charge on any atom is 0.288 e. The van der Waals surface area contributed by atoms with Crippen molar-refractivity contribution >= 4 is 32.5 Å². The van der Waals surface area contributed by atoms with Gasteiger partial charge in [-0.1, -0.05) is 44.1 Å². The number of hydrogen-bond acceptors (Lipinski definition) is 4. The zero-order valence-electron chi connectivity index (χ0n) is 19.4. The molecule has 0 unspecified atom stereocenters. The molecule has 32 heavy (non-hydrogen) atoms. The molecule has 2 aliphatic rings. The molecule has 1 saturated carbocycles. The number of benzene rings is 1. The number of thiophene rings is 1. The van der Waals surface area contributed by atoms with Crippen LogP contribution < -0.4 is 9.30 Å². The van der Waals surface area contributed by atoms with Crippen LogP contribution in [0.5, 0.6) is 11.5 Å². The van der Waals surface area contributed by atoms with Gasteiger partial charge < -0.3 is 4.74 Å². The first-order valence-electron chi connectivity index (χ1n) is 11.9. The molecule has 4 nitrogen and oxygen atoms in total. The summed E-state index contributed by atoms with van der Waals surface area (Å²) in [4.78, 5) is 11.9. The van der Waals surface area contributed by atoms with Gasteiger partial charge in [0.05, 0.1) is 23.0 Å². The number of pyridine rings is 1. The van der Waals surface area contributed by atoms with Crippen LogP contribution in [0.1, 0.15) is 68.7 Å². The van der Waals surface area contributed by atoms with Gasteiger partial charge in [0.25, 0.3) is 6.33 Å². The summed E-state index contributed by atoms with van der Waals surface area (Å²) >= 11 is 1.85. The Kier molecular flexibility index (Phi) is 4.55. The van der Waals surface area contributed by atoms with Gasteiger partial charge in [-0.25, -0.2) is 4.57 Å². The molecule has 5 heteroatoms. The Labute approximate surface area is 193 Å². The summed E-state index contributed by atoms with van der Waals surface area (Å²) in [7, 11) is 2.10. The molecule has 1 fully saturated rings. The molecule has 4 heterocycles. The van der Waals surface area contributed by atoms with Gasteiger partial charge in [-0.3, -0.25) is 4.98 Å². The quantitative estimate of drug-likeness (QED) is 0.276. The normalized spacial score (nSPS) is 17.5. The SMILES string of the molecule is CCC1(CC)CCC(c2sc3nc[n+](C)c4c3c2Oc2cc3ncccc3c(C)c2-4)CC1. The van der Waals surface area contributed by atoms with Gasteiger partial charge in [-0.2, -0.15) is 0 Å². The number of nitrogens with zero attached hydrogens (tertiary/aromatic N) is 3. The summed E-state index contributed by atoms with van der Waals surface area (Å²) in [6, 6.07) is 6.28. The lowest BCUT2D eigenvalue weighted by Crippen LogP contribution is -2.32. The highest BCUT2D eigenvalue weighted by Crippen LogP contribution is 2.56. The molecular formula is C27H30N3OS+. The molecule has 0 N–H and O–H groups in total. The third-order valence-corrected chi connectivity index (χ3v) is 9.55. The van der Waals surface area contributed by atoms with E-state index < -0.39 is 0 Å². The molecule has 1 aliphatic heterocycles. The van der Waals surface area contributed by atoms with E-state index in [9.17, 15) is 0 Å². The van der Waals surface area contributed by atoms with Crippen molar-refractivity contribution in [3.63, 3.8) is 0 Å². The molecule has 0 saturated heterocycles. The predicted octanol–water partition coefficient (Wildman–Crippen LogP) is 7.21. The minimum absolute atomic E-state index is 0.537. The molecule has 0 radical (unpaired) electrons. The topological polar surface area (TPSA) is 38.9 Å². The zero-order chi connectivity index (χ0) is 22.0. The maximum absolute atomic E-state index is 6.74. The molecule has 0 atom stereocenters. The first-order valence-corrected chi connectivity index (χ1v) is 12.7. The fraction of sp³-hybridized carbons (Fsp3) is 0.444. The monoisotopic (exact) mass is 444 g/mol. The van der Waals surface area contributed by atoms with E-state index in [1.807, 2.05) is 29.9 Å². The van der Waals surface area contributed by atoms with Gasteiger partial charge in [0, 0.05) is 17.6 Å². The van der Waals surface area contributed by atoms with E-state index in [0.29, 0.717) is 11.3 Å². The van der Waals surface area contributed by atoms with Crippen molar-refractivity contribution in [2.45, 2.75) is 65.2 Å². The third-order valence-electron chi connectivity index (χ3n) is 8.31. The summed E-state index contributed by atoms with van der Waals surface area (Å²) in [5.74, 6) is 2.54. The summed E-state index contributed by atoms with van der Waals surface area (Å²) in [5, 5.41) is 2.37. The van der Waals surface area contributed by atoms with Crippen LogP contribution in [0.4, 0.5) is 0 Å². The Bertz CT molecular complexity index is 1360. The number of aryl methyl sites for hydroxylation is 2. The lowest BCUT2D eigenvalue weighted by Gasteiger charge is -2.39. The summed E-state index contributed by atoms with van der Waals surface area (Å²) in [6.45, 7) is 6.92. The molecule has 3 aromatic heterocycles. The van der Waals surface area contributed by atoms with Crippen molar-refractivity contribution in [2.75, 3.05) is 0 Å². The Balaban J connectivity index is 1.53. The molecule has 1 aromatic carbocycles. The van der Waals surface area contributed by atoms with Crippen LogP contribution in [0, 0.1) is 12.3 Å². The van der Waals surface area contributed by atoms with Crippen molar-refractivity contribution in [3.8, 4) is 22.8 Å². The molecule has 0 spiro atoms. The second-order valence-corrected chi connectivity index (χ2v) is 10.7. The van der Waals surface area contributed by atoms with E-state index in [1.54, 1.807) is 0 Å². The van der Waals surface area contributed by atoms with Crippen LogP contribution in [0.2, 0.25) is 0 Å². The van der Waals surface area contributed by atoms with Crippen LogP contribution in [0.3, 0.4) is 0 Å². The van der Waals surface area contributed by atoms with Crippen molar-refractivity contribution in [2.24, 2.45) is 12.5 Å². The van der Waals surface area contributed by atoms with Crippen molar-refractivity contribution in [3.05, 3.63) is 41.2 Å². The molecular weight excluding hydrogens is 414 g/mol. The maximum atomic E-state index is 6.74. The Hall–Kier alpha value is -2.53. The Morgan fingerprint density at radius 2 is 1.97 bits per heavy atom. The number of ether oxygens (including phenoxy) is 1. The van der Waals surface area contributed by atoms with Gasteiger partial charge in [0.1, 0.15) is 11.1 Å². The highest BCUT2D eigenvalue weighted by molar-refractivity contribution is 7.19. The number of rotatable bonds is 3. The first kappa shape index (κ1) is 20.1. The lowest BCUT2D eigenvalue weighted by atomic mass is 9.67. The molecule has 1 aliphatic carbocycles. The van der Waals surface area contributed by atoms with Crippen molar-refractivity contribution in [1.29, 1.82) is 0 Å². The van der Waals surface area contributed by atoms with E-state index in [1.165, 1.54) is 71.0 Å². The average Bonchev–Trinajstić information content (AvgIpc) is 3.20. The van der Waals surface area contributed by atoms with Crippen LogP contribution in [-0.4, -0.2) is 9.97 Å². The van der Waals surface area contributed by atoms with Crippen LogP contribution in [0.15, 0.2) is 30.7 Å². The van der Waals surface area contributed by atoms with Gasteiger partial charge in [0.2, 0.25) is 4.83 Å². The van der Waals surface area contributed by atoms with E-state index in [4.69, 9.17) is 9.72 Å². The fourth-order valence-corrected chi connectivity index (χ4v) is 7.30. The highest BCUT2D eigenvalue weighted by atomic mass is 32.1. The Morgan fingerprint density at radius 3 is 2.72 bits per heavy atom. The average molecular weight is 445 g/mol. The predicted molar refractivity (Wildman–Crippen MR) is 131 cm³/mol.